The number of halogens is 2. The highest BCUT2D eigenvalue weighted by Crippen LogP contribution is 2.27. The smallest absolute Gasteiger partial charge is 0.306 e. The van der Waals surface area contributed by atoms with Crippen LogP contribution in [0, 0.1) is 5.92 Å². The second kappa shape index (κ2) is 5.97. The minimum Gasteiger partial charge on any atom is -0.492 e. The van der Waals surface area contributed by atoms with E-state index in [0.29, 0.717) is 28.8 Å². The van der Waals surface area contributed by atoms with Crippen LogP contribution in [-0.2, 0) is 4.79 Å². The Labute approximate surface area is 104 Å². The summed E-state index contributed by atoms with van der Waals surface area (Å²) in [6.45, 7) is 1.93. The molecule has 0 aliphatic heterocycles. The molecule has 1 unspecified atom stereocenters. The van der Waals surface area contributed by atoms with Gasteiger partial charge in [-0.3, -0.25) is 4.79 Å². The standard InChI is InChI=1S/C11H12Cl2O3/c1-7(11(14)15)4-5-16-10-6-8(12)2-3-9(10)13/h2-3,6-7H,4-5H2,1H3,(H,14,15). The highest BCUT2D eigenvalue weighted by Gasteiger charge is 2.11. The van der Waals surface area contributed by atoms with Gasteiger partial charge in [-0.1, -0.05) is 30.1 Å². The molecular formula is C11H12Cl2O3. The van der Waals surface area contributed by atoms with Gasteiger partial charge in [0.25, 0.3) is 0 Å². The summed E-state index contributed by atoms with van der Waals surface area (Å²) >= 11 is 11.7. The predicted octanol–water partition coefficient (Wildman–Crippen LogP) is 3.48. The zero-order chi connectivity index (χ0) is 12.1. The number of ether oxygens (including phenoxy) is 1. The normalized spacial score (nSPS) is 12.2. The zero-order valence-electron chi connectivity index (χ0n) is 8.74. The van der Waals surface area contributed by atoms with Crippen molar-refractivity contribution >= 4 is 29.2 Å². The van der Waals surface area contributed by atoms with Crippen LogP contribution in [0.25, 0.3) is 0 Å². The van der Waals surface area contributed by atoms with Crippen molar-refractivity contribution in [1.29, 1.82) is 0 Å². The van der Waals surface area contributed by atoms with Gasteiger partial charge in [-0.25, -0.2) is 0 Å². The molecule has 1 aromatic carbocycles. The van der Waals surface area contributed by atoms with E-state index in [0.717, 1.165) is 0 Å². The Kier molecular flexibility index (Phi) is 4.90. The van der Waals surface area contributed by atoms with Gasteiger partial charge in [-0.15, -0.1) is 0 Å². The minimum absolute atomic E-state index is 0.299. The molecule has 0 aliphatic carbocycles. The molecule has 1 aromatic rings. The van der Waals surface area contributed by atoms with Gasteiger partial charge >= 0.3 is 5.97 Å². The van der Waals surface area contributed by atoms with Crippen molar-refractivity contribution in [2.45, 2.75) is 13.3 Å². The van der Waals surface area contributed by atoms with Crippen molar-refractivity contribution in [3.63, 3.8) is 0 Å². The van der Waals surface area contributed by atoms with Crippen LogP contribution in [-0.4, -0.2) is 17.7 Å². The summed E-state index contributed by atoms with van der Waals surface area (Å²) in [4.78, 5) is 10.6. The fourth-order valence-electron chi connectivity index (χ4n) is 1.06. The molecule has 5 heteroatoms. The molecule has 0 aliphatic rings. The average molecular weight is 263 g/mol. The Balaban J connectivity index is 2.48. The largest absolute Gasteiger partial charge is 0.492 e. The number of carboxylic acid groups (broad SMARTS) is 1. The number of benzene rings is 1. The van der Waals surface area contributed by atoms with E-state index in [9.17, 15) is 4.79 Å². The molecule has 1 N–H and O–H groups in total. The average Bonchev–Trinajstić information content (AvgIpc) is 2.22. The molecule has 1 rings (SSSR count). The van der Waals surface area contributed by atoms with Gasteiger partial charge in [-0.2, -0.15) is 0 Å². The van der Waals surface area contributed by atoms with Crippen LogP contribution in [0.4, 0.5) is 0 Å². The third-order valence-corrected chi connectivity index (χ3v) is 2.67. The first-order valence-corrected chi connectivity index (χ1v) is 5.57. The number of carbonyl (C=O) groups is 1. The van der Waals surface area contributed by atoms with Crippen LogP contribution < -0.4 is 4.74 Å². The van der Waals surface area contributed by atoms with E-state index >= 15 is 0 Å². The molecular weight excluding hydrogens is 251 g/mol. The van der Waals surface area contributed by atoms with Crippen LogP contribution in [0.5, 0.6) is 5.75 Å². The van der Waals surface area contributed by atoms with Crippen LogP contribution in [0.2, 0.25) is 10.0 Å². The SMILES string of the molecule is CC(CCOc1cc(Cl)ccc1Cl)C(=O)O. The third kappa shape index (κ3) is 3.91. The van der Waals surface area contributed by atoms with Crippen LogP contribution in [0.3, 0.4) is 0 Å². The number of rotatable bonds is 5. The van der Waals surface area contributed by atoms with Crippen molar-refractivity contribution in [3.8, 4) is 5.75 Å². The predicted molar refractivity (Wildman–Crippen MR) is 63.4 cm³/mol. The summed E-state index contributed by atoms with van der Waals surface area (Å²) < 4.78 is 5.36. The van der Waals surface area contributed by atoms with E-state index in [1.807, 2.05) is 0 Å². The molecule has 0 heterocycles. The zero-order valence-corrected chi connectivity index (χ0v) is 10.3. The maximum absolute atomic E-state index is 10.6. The molecule has 0 amide bonds. The van der Waals surface area contributed by atoms with Crippen LogP contribution >= 0.6 is 23.2 Å². The Hall–Kier alpha value is -0.930. The fraction of sp³-hybridized carbons (Fsp3) is 0.364. The van der Waals surface area contributed by atoms with E-state index in [1.165, 1.54) is 0 Å². The van der Waals surface area contributed by atoms with E-state index in [2.05, 4.69) is 0 Å². The molecule has 0 saturated heterocycles. The van der Waals surface area contributed by atoms with Crippen molar-refractivity contribution in [2.24, 2.45) is 5.92 Å². The van der Waals surface area contributed by atoms with E-state index in [-0.39, 0.29) is 0 Å². The maximum Gasteiger partial charge on any atom is 0.306 e. The molecule has 1 atom stereocenters. The Morgan fingerprint density at radius 1 is 1.50 bits per heavy atom. The van der Waals surface area contributed by atoms with Crippen molar-refractivity contribution in [3.05, 3.63) is 28.2 Å². The molecule has 0 radical (unpaired) electrons. The molecule has 16 heavy (non-hydrogen) atoms. The lowest BCUT2D eigenvalue weighted by Gasteiger charge is -2.10. The van der Waals surface area contributed by atoms with E-state index in [4.69, 9.17) is 33.0 Å². The first-order valence-electron chi connectivity index (χ1n) is 4.81. The summed E-state index contributed by atoms with van der Waals surface area (Å²) in [5.74, 6) is -0.787. The summed E-state index contributed by atoms with van der Waals surface area (Å²) in [6.07, 6.45) is 0.429. The van der Waals surface area contributed by atoms with Crippen LogP contribution in [0.1, 0.15) is 13.3 Å². The highest BCUT2D eigenvalue weighted by atomic mass is 35.5. The van der Waals surface area contributed by atoms with Gasteiger partial charge < -0.3 is 9.84 Å². The van der Waals surface area contributed by atoms with Crippen molar-refractivity contribution in [2.75, 3.05) is 6.61 Å². The van der Waals surface area contributed by atoms with Crippen LogP contribution in [0.15, 0.2) is 18.2 Å². The lowest BCUT2D eigenvalue weighted by molar-refractivity contribution is -0.141. The number of hydrogen-bond donors (Lipinski definition) is 1. The second-order valence-corrected chi connectivity index (χ2v) is 4.29. The van der Waals surface area contributed by atoms with Gasteiger partial charge in [0.15, 0.2) is 0 Å². The van der Waals surface area contributed by atoms with Crippen molar-refractivity contribution < 1.29 is 14.6 Å². The Bertz CT molecular complexity index is 379. The topological polar surface area (TPSA) is 46.5 Å². The Morgan fingerprint density at radius 2 is 2.19 bits per heavy atom. The number of aliphatic carboxylic acids is 1. The molecule has 0 spiro atoms. The molecule has 88 valence electrons. The van der Waals surface area contributed by atoms with Crippen molar-refractivity contribution in [1.82, 2.24) is 0 Å². The highest BCUT2D eigenvalue weighted by molar-refractivity contribution is 6.34. The van der Waals surface area contributed by atoms with Gasteiger partial charge in [0.1, 0.15) is 5.75 Å². The fourth-order valence-corrected chi connectivity index (χ4v) is 1.39. The molecule has 0 saturated carbocycles. The van der Waals surface area contributed by atoms with Gasteiger partial charge in [0.05, 0.1) is 17.5 Å². The molecule has 0 bridgehead atoms. The monoisotopic (exact) mass is 262 g/mol. The summed E-state index contributed by atoms with van der Waals surface area (Å²) in [5.41, 5.74) is 0. The third-order valence-electron chi connectivity index (χ3n) is 2.12. The molecule has 3 nitrogen and oxygen atoms in total. The second-order valence-electron chi connectivity index (χ2n) is 3.45. The Morgan fingerprint density at radius 3 is 2.81 bits per heavy atom. The number of hydrogen-bond acceptors (Lipinski definition) is 2. The lowest BCUT2D eigenvalue weighted by atomic mass is 10.1. The quantitative estimate of drug-likeness (QED) is 0.884. The summed E-state index contributed by atoms with van der Waals surface area (Å²) in [7, 11) is 0. The van der Waals surface area contributed by atoms with Gasteiger partial charge in [0, 0.05) is 11.1 Å². The lowest BCUT2D eigenvalue weighted by Crippen LogP contribution is -2.13. The van der Waals surface area contributed by atoms with Gasteiger partial charge in [-0.05, 0) is 18.6 Å². The molecule has 0 aromatic heterocycles. The molecule has 0 fully saturated rings. The first-order chi connectivity index (χ1) is 7.50. The minimum atomic E-state index is -0.833. The van der Waals surface area contributed by atoms with Gasteiger partial charge in [0.2, 0.25) is 0 Å². The first kappa shape index (κ1) is 13.1. The van der Waals surface area contributed by atoms with E-state index < -0.39 is 11.9 Å². The maximum atomic E-state index is 10.6. The summed E-state index contributed by atoms with van der Waals surface area (Å²) in [6, 6.07) is 4.91. The number of carboxylic acids is 1. The van der Waals surface area contributed by atoms with E-state index in [1.54, 1.807) is 25.1 Å². The summed E-state index contributed by atoms with van der Waals surface area (Å²) in [5, 5.41) is 9.67.